The van der Waals surface area contributed by atoms with Crippen molar-refractivity contribution in [3.8, 4) is 5.75 Å². The molecule has 0 amide bonds. The number of fused-ring (bicyclic) bond motifs is 1. The Labute approximate surface area is 59.6 Å². The second-order valence-corrected chi connectivity index (χ2v) is 2.47. The Morgan fingerprint density at radius 2 is 2.20 bits per heavy atom. The Morgan fingerprint density at radius 1 is 1.30 bits per heavy atom. The summed E-state index contributed by atoms with van der Waals surface area (Å²) < 4.78 is 0. The van der Waals surface area contributed by atoms with Crippen LogP contribution in [0, 0.1) is 0 Å². The van der Waals surface area contributed by atoms with Gasteiger partial charge in [0.15, 0.2) is 5.75 Å². The molecule has 1 heteroatoms. The number of hydrogen-bond donors (Lipinski definition) is 0. The molecule has 2 rings (SSSR count). The van der Waals surface area contributed by atoms with E-state index in [1.165, 1.54) is 5.56 Å². The van der Waals surface area contributed by atoms with Crippen molar-refractivity contribution in [1.82, 2.24) is 0 Å². The van der Waals surface area contributed by atoms with Crippen LogP contribution in [0.1, 0.15) is 11.1 Å². The third-order valence-electron chi connectivity index (χ3n) is 1.75. The highest BCUT2D eigenvalue weighted by molar-refractivity contribution is 5.61. The molecule has 0 unspecified atom stereocenters. The average Bonchev–Trinajstić information content (AvgIpc) is 2.33. The zero-order valence-corrected chi connectivity index (χ0v) is 5.50. The molecule has 0 heterocycles. The number of rotatable bonds is 0. The van der Waals surface area contributed by atoms with E-state index in [1.807, 2.05) is 12.1 Å². The summed E-state index contributed by atoms with van der Waals surface area (Å²) in [7, 11) is 0. The largest absolute Gasteiger partial charge is 0.290 e. The van der Waals surface area contributed by atoms with Gasteiger partial charge in [-0.1, -0.05) is 18.2 Å². The second-order valence-electron chi connectivity index (χ2n) is 2.47. The molecule has 0 spiro atoms. The van der Waals surface area contributed by atoms with Crippen LogP contribution in [0.25, 0.3) is 6.08 Å². The summed E-state index contributed by atoms with van der Waals surface area (Å²) in [4.78, 5) is 0. The fourth-order valence-corrected chi connectivity index (χ4v) is 1.23. The van der Waals surface area contributed by atoms with Crippen LogP contribution < -0.4 is 0 Å². The zero-order valence-electron chi connectivity index (χ0n) is 5.50. The van der Waals surface area contributed by atoms with Crippen LogP contribution in [-0.2, 0) is 11.5 Å². The van der Waals surface area contributed by atoms with Crippen molar-refractivity contribution in [2.45, 2.75) is 6.42 Å². The van der Waals surface area contributed by atoms with Gasteiger partial charge in [-0.05, 0) is 29.7 Å². The van der Waals surface area contributed by atoms with E-state index in [4.69, 9.17) is 0 Å². The molecule has 1 radical (unpaired) electrons. The third-order valence-corrected chi connectivity index (χ3v) is 1.75. The summed E-state index contributed by atoms with van der Waals surface area (Å²) in [5.41, 5.74) is 2.35. The molecule has 1 aromatic rings. The monoisotopic (exact) mass is 131 g/mol. The lowest BCUT2D eigenvalue weighted by Gasteiger charge is -1.95. The van der Waals surface area contributed by atoms with Gasteiger partial charge in [0.1, 0.15) is 0 Å². The molecule has 0 atom stereocenters. The highest BCUT2D eigenvalue weighted by Crippen LogP contribution is 2.23. The predicted octanol–water partition coefficient (Wildman–Crippen LogP) is 2.40. The first-order valence-corrected chi connectivity index (χ1v) is 3.33. The molecule has 0 aromatic heterocycles. The Balaban J connectivity index is 2.60. The first-order chi connectivity index (χ1) is 4.86. The topological polar surface area (TPSA) is 19.9 Å². The van der Waals surface area contributed by atoms with Crippen LogP contribution in [0.2, 0.25) is 0 Å². The lowest BCUT2D eigenvalue weighted by molar-refractivity contribution is 0.355. The minimum Gasteiger partial charge on any atom is -0.290 e. The van der Waals surface area contributed by atoms with Crippen LogP contribution in [-0.4, -0.2) is 0 Å². The maximum Gasteiger partial charge on any atom is 0.179 e. The lowest BCUT2D eigenvalue weighted by Crippen LogP contribution is -1.78. The van der Waals surface area contributed by atoms with E-state index in [2.05, 4.69) is 6.08 Å². The smallest absolute Gasteiger partial charge is 0.179 e. The second kappa shape index (κ2) is 1.87. The number of hydrogen-bond acceptors (Lipinski definition) is 0. The maximum atomic E-state index is 10.8. The van der Waals surface area contributed by atoms with Gasteiger partial charge < -0.3 is 0 Å². The van der Waals surface area contributed by atoms with Gasteiger partial charge in [-0.15, -0.1) is 0 Å². The first kappa shape index (κ1) is 5.54. The van der Waals surface area contributed by atoms with Crippen LogP contribution in [0.4, 0.5) is 0 Å². The fourth-order valence-electron chi connectivity index (χ4n) is 1.23. The number of benzene rings is 1. The van der Waals surface area contributed by atoms with Gasteiger partial charge in [0.25, 0.3) is 0 Å². The van der Waals surface area contributed by atoms with E-state index in [9.17, 15) is 5.11 Å². The average molecular weight is 131 g/mol. The van der Waals surface area contributed by atoms with Crippen molar-refractivity contribution in [2.24, 2.45) is 0 Å². The Hall–Kier alpha value is -1.24. The van der Waals surface area contributed by atoms with Crippen molar-refractivity contribution in [2.75, 3.05) is 0 Å². The van der Waals surface area contributed by atoms with Gasteiger partial charge >= 0.3 is 0 Å². The molecule has 0 saturated carbocycles. The third kappa shape index (κ3) is 0.711. The van der Waals surface area contributed by atoms with Crippen LogP contribution >= 0.6 is 0 Å². The minimum absolute atomic E-state index is 0.102. The summed E-state index contributed by atoms with van der Waals surface area (Å²) in [6.07, 6.45) is 5.05. The van der Waals surface area contributed by atoms with Gasteiger partial charge in [0.2, 0.25) is 0 Å². The normalized spacial score (nSPS) is 13.6. The summed E-state index contributed by atoms with van der Waals surface area (Å²) in [6, 6.07) is 5.20. The predicted molar refractivity (Wildman–Crippen MR) is 39.3 cm³/mol. The first-order valence-electron chi connectivity index (χ1n) is 3.33. The molecule has 0 fully saturated rings. The molecule has 0 N–H and O–H groups in total. The molecule has 0 aliphatic heterocycles. The van der Waals surface area contributed by atoms with Crippen molar-refractivity contribution in [3.05, 3.63) is 35.4 Å². The zero-order chi connectivity index (χ0) is 6.97. The Bertz CT molecular complexity index is 287. The van der Waals surface area contributed by atoms with Crippen molar-refractivity contribution in [3.63, 3.8) is 0 Å². The summed E-state index contributed by atoms with van der Waals surface area (Å²) in [5, 5.41) is 10.8. The van der Waals surface area contributed by atoms with E-state index in [1.54, 1.807) is 12.1 Å². The van der Waals surface area contributed by atoms with E-state index in [0.29, 0.717) is 0 Å². The summed E-state index contributed by atoms with van der Waals surface area (Å²) in [5.74, 6) is 0.102. The number of allylic oxidation sites excluding steroid dienone is 1. The maximum absolute atomic E-state index is 10.8. The highest BCUT2D eigenvalue weighted by atomic mass is 16.3. The van der Waals surface area contributed by atoms with E-state index in [0.717, 1.165) is 12.0 Å². The minimum atomic E-state index is 0.102. The molecular weight excluding hydrogens is 124 g/mol. The van der Waals surface area contributed by atoms with Gasteiger partial charge in [0, 0.05) is 0 Å². The SMILES string of the molecule is [O]c1ccc2c(c1)C=CC2. The van der Waals surface area contributed by atoms with Gasteiger partial charge in [0.05, 0.1) is 0 Å². The van der Waals surface area contributed by atoms with Crippen molar-refractivity contribution >= 4 is 6.08 Å². The van der Waals surface area contributed by atoms with Gasteiger partial charge in [-0.3, -0.25) is 5.11 Å². The molecule has 0 saturated heterocycles. The van der Waals surface area contributed by atoms with E-state index < -0.39 is 0 Å². The molecule has 1 aliphatic rings. The van der Waals surface area contributed by atoms with E-state index >= 15 is 0 Å². The van der Waals surface area contributed by atoms with Crippen molar-refractivity contribution in [1.29, 1.82) is 0 Å². The van der Waals surface area contributed by atoms with Crippen LogP contribution in [0.5, 0.6) is 5.75 Å². The van der Waals surface area contributed by atoms with E-state index in [-0.39, 0.29) is 5.75 Å². The van der Waals surface area contributed by atoms with Crippen LogP contribution in [0.15, 0.2) is 24.3 Å². The summed E-state index contributed by atoms with van der Waals surface area (Å²) >= 11 is 0. The van der Waals surface area contributed by atoms with Gasteiger partial charge in [-0.2, -0.15) is 0 Å². The molecule has 0 bridgehead atoms. The van der Waals surface area contributed by atoms with Crippen LogP contribution in [0.3, 0.4) is 0 Å². The highest BCUT2D eigenvalue weighted by Gasteiger charge is 2.04. The Kier molecular flexibility index (Phi) is 1.04. The summed E-state index contributed by atoms with van der Waals surface area (Å²) in [6.45, 7) is 0. The molecule has 1 nitrogen and oxygen atoms in total. The molecule has 49 valence electrons. The lowest BCUT2D eigenvalue weighted by atomic mass is 10.1. The molecule has 10 heavy (non-hydrogen) atoms. The van der Waals surface area contributed by atoms with Crippen molar-refractivity contribution < 1.29 is 5.11 Å². The van der Waals surface area contributed by atoms with Gasteiger partial charge in [-0.25, -0.2) is 0 Å². The molecule has 1 aliphatic carbocycles. The Morgan fingerprint density at radius 3 is 3.10 bits per heavy atom. The standard InChI is InChI=1S/C9H7O/c10-9-5-4-7-2-1-3-8(7)6-9/h1,3-6H,2H2. The quantitative estimate of drug-likeness (QED) is 0.515. The molecular formula is C9H7O. The molecule has 1 aromatic carbocycles. The fraction of sp³-hybridized carbons (Fsp3) is 0.111.